The SMILES string of the molecule is CCN(CC)c1ccc(NC(=O)C2N(CCO)C(=O)[C@@H]3[C@H](C(=O)Nc4ccccc4)[C@H]4OC23CC4Br)cc1. The van der Waals surface area contributed by atoms with E-state index in [1.54, 1.807) is 12.1 Å². The summed E-state index contributed by atoms with van der Waals surface area (Å²) in [6, 6.07) is 15.7. The van der Waals surface area contributed by atoms with Crippen LogP contribution in [-0.2, 0) is 19.1 Å². The van der Waals surface area contributed by atoms with Gasteiger partial charge in [0.1, 0.15) is 11.6 Å². The van der Waals surface area contributed by atoms with Crippen LogP contribution in [0.2, 0.25) is 0 Å². The third-order valence-corrected chi connectivity index (χ3v) is 8.83. The Labute approximate surface area is 230 Å². The van der Waals surface area contributed by atoms with E-state index in [-0.39, 0.29) is 29.8 Å². The number of benzene rings is 2. The summed E-state index contributed by atoms with van der Waals surface area (Å²) in [5, 5.41) is 15.6. The molecule has 2 aromatic carbocycles. The smallest absolute Gasteiger partial charge is 0.250 e. The van der Waals surface area contributed by atoms with Gasteiger partial charge in [-0.2, -0.15) is 0 Å². The first-order valence-corrected chi connectivity index (χ1v) is 14.0. The number of aliphatic hydroxyl groups excluding tert-OH is 1. The van der Waals surface area contributed by atoms with Crippen LogP contribution in [0.5, 0.6) is 0 Å². The number of nitrogens with zero attached hydrogens (tertiary/aromatic N) is 2. The number of anilines is 3. The first kappa shape index (κ1) is 26.6. The number of halogens is 1. The molecule has 10 heteroatoms. The van der Waals surface area contributed by atoms with E-state index in [0.29, 0.717) is 17.8 Å². The van der Waals surface area contributed by atoms with Crippen molar-refractivity contribution >= 4 is 50.7 Å². The van der Waals surface area contributed by atoms with E-state index in [1.165, 1.54) is 4.90 Å². The molecule has 3 saturated heterocycles. The molecule has 3 aliphatic rings. The normalized spacial score (nSPS) is 29.3. The van der Waals surface area contributed by atoms with Crippen molar-refractivity contribution in [3.05, 3.63) is 54.6 Å². The van der Waals surface area contributed by atoms with Crippen molar-refractivity contribution in [1.29, 1.82) is 0 Å². The summed E-state index contributed by atoms with van der Waals surface area (Å²) < 4.78 is 6.45. The molecule has 0 radical (unpaired) electrons. The zero-order valence-electron chi connectivity index (χ0n) is 21.5. The number of β-amino-alcohol motifs (C(OH)–C–C–N with tert-alkyl or cyclic N) is 1. The van der Waals surface area contributed by atoms with Crippen LogP contribution >= 0.6 is 15.9 Å². The van der Waals surface area contributed by atoms with Gasteiger partial charge in [0.25, 0.3) is 0 Å². The molecule has 3 heterocycles. The van der Waals surface area contributed by atoms with Crippen LogP contribution in [0.15, 0.2) is 54.6 Å². The first-order valence-electron chi connectivity index (χ1n) is 13.1. The molecule has 0 aromatic heterocycles. The van der Waals surface area contributed by atoms with Crippen LogP contribution in [0.1, 0.15) is 20.3 Å². The van der Waals surface area contributed by atoms with Gasteiger partial charge in [0.05, 0.1) is 24.5 Å². The molecular formula is C28H33BrN4O5. The molecule has 1 spiro atoms. The lowest BCUT2D eigenvalue weighted by Gasteiger charge is -2.34. The van der Waals surface area contributed by atoms with E-state index in [9.17, 15) is 19.5 Å². The molecule has 2 bridgehead atoms. The van der Waals surface area contributed by atoms with Gasteiger partial charge in [0.15, 0.2) is 0 Å². The monoisotopic (exact) mass is 584 g/mol. The Bertz CT molecular complexity index is 1190. The summed E-state index contributed by atoms with van der Waals surface area (Å²) in [5.74, 6) is -2.64. The minimum atomic E-state index is -1.17. The van der Waals surface area contributed by atoms with Gasteiger partial charge in [-0.1, -0.05) is 34.1 Å². The number of nitrogens with one attached hydrogen (secondary N) is 2. The van der Waals surface area contributed by atoms with Gasteiger partial charge in [-0.25, -0.2) is 0 Å². The van der Waals surface area contributed by atoms with Gasteiger partial charge >= 0.3 is 0 Å². The van der Waals surface area contributed by atoms with E-state index < -0.39 is 35.5 Å². The lowest BCUT2D eigenvalue weighted by Crippen LogP contribution is -2.54. The average molecular weight is 585 g/mol. The fourth-order valence-corrected chi connectivity index (χ4v) is 7.32. The van der Waals surface area contributed by atoms with Crippen molar-refractivity contribution in [3.63, 3.8) is 0 Å². The van der Waals surface area contributed by atoms with E-state index in [4.69, 9.17) is 4.74 Å². The maximum absolute atomic E-state index is 13.8. The summed E-state index contributed by atoms with van der Waals surface area (Å²) in [5.41, 5.74) is 1.11. The van der Waals surface area contributed by atoms with Crippen LogP contribution in [0.3, 0.4) is 0 Å². The molecule has 202 valence electrons. The zero-order chi connectivity index (χ0) is 27.0. The molecule has 0 saturated carbocycles. The first-order chi connectivity index (χ1) is 18.3. The number of carbonyl (C=O) groups excluding carboxylic acids is 3. The molecule has 38 heavy (non-hydrogen) atoms. The van der Waals surface area contributed by atoms with E-state index in [2.05, 4.69) is 45.3 Å². The van der Waals surface area contributed by atoms with E-state index in [1.807, 2.05) is 42.5 Å². The van der Waals surface area contributed by atoms with Crippen molar-refractivity contribution in [3.8, 4) is 0 Å². The highest BCUT2D eigenvalue weighted by molar-refractivity contribution is 9.09. The number of fused-ring (bicyclic) bond motifs is 1. The number of amides is 3. The van der Waals surface area contributed by atoms with Crippen LogP contribution in [0, 0.1) is 11.8 Å². The van der Waals surface area contributed by atoms with Gasteiger partial charge in [-0.15, -0.1) is 0 Å². The number of hydrogen-bond donors (Lipinski definition) is 3. The second-order valence-electron chi connectivity index (χ2n) is 9.98. The summed E-state index contributed by atoms with van der Waals surface area (Å²) in [6.07, 6.45) is -0.142. The van der Waals surface area contributed by atoms with Crippen LogP contribution < -0.4 is 15.5 Å². The second-order valence-corrected chi connectivity index (χ2v) is 11.2. The maximum atomic E-state index is 13.8. The highest BCUT2D eigenvalue weighted by atomic mass is 79.9. The molecular weight excluding hydrogens is 552 g/mol. The highest BCUT2D eigenvalue weighted by Gasteiger charge is 2.76. The van der Waals surface area contributed by atoms with Crippen molar-refractivity contribution < 1.29 is 24.2 Å². The molecule has 6 atom stereocenters. The molecule has 9 nitrogen and oxygen atoms in total. The Balaban J connectivity index is 1.42. The number of hydrogen-bond acceptors (Lipinski definition) is 6. The standard InChI is InChI=1S/C28H33BrN4O5/c1-3-32(4-2)19-12-10-18(11-13-19)31-26(36)24-28-16-20(29)23(38-28)21(22(28)27(37)33(24)14-15-34)25(35)30-17-8-6-5-7-9-17/h5-13,20-24,34H,3-4,14-16H2,1-2H3,(H,30,35)(H,31,36)/t20?,21-,22-,23-,24?,28?/m0/s1. The summed E-state index contributed by atoms with van der Waals surface area (Å²) in [7, 11) is 0. The number of alkyl halides is 1. The molecule has 0 aliphatic carbocycles. The number of para-hydroxylation sites is 1. The van der Waals surface area contributed by atoms with Crippen LogP contribution in [0.4, 0.5) is 17.1 Å². The van der Waals surface area contributed by atoms with Crippen molar-refractivity contribution in [2.75, 3.05) is 41.8 Å². The lowest BCUT2D eigenvalue weighted by molar-refractivity contribution is -0.140. The Hall–Kier alpha value is -2.95. The van der Waals surface area contributed by atoms with E-state index >= 15 is 0 Å². The number of likely N-dealkylation sites (tertiary alicyclic amines) is 1. The molecule has 2 aromatic rings. The summed E-state index contributed by atoms with van der Waals surface area (Å²) in [6.45, 7) is 5.59. The number of carbonyl (C=O) groups is 3. The van der Waals surface area contributed by atoms with Crippen LogP contribution in [0.25, 0.3) is 0 Å². The minimum absolute atomic E-state index is 0.0237. The fraction of sp³-hybridized carbons (Fsp3) is 0.464. The molecule has 3 aliphatic heterocycles. The molecule has 3 unspecified atom stereocenters. The maximum Gasteiger partial charge on any atom is 0.250 e. The van der Waals surface area contributed by atoms with Gasteiger partial charge in [0, 0.05) is 41.5 Å². The third-order valence-electron chi connectivity index (χ3n) is 7.99. The lowest BCUT2D eigenvalue weighted by atomic mass is 9.70. The predicted octanol–water partition coefficient (Wildman–Crippen LogP) is 2.85. The molecule has 3 amide bonds. The fourth-order valence-electron chi connectivity index (χ4n) is 6.38. The van der Waals surface area contributed by atoms with Gasteiger partial charge in [-0.05, 0) is 56.7 Å². The quantitative estimate of drug-likeness (QED) is 0.391. The Morgan fingerprint density at radius 3 is 2.32 bits per heavy atom. The third kappa shape index (κ3) is 4.38. The number of ether oxygens (including phenoxy) is 1. The minimum Gasteiger partial charge on any atom is -0.395 e. The Morgan fingerprint density at radius 2 is 1.68 bits per heavy atom. The largest absolute Gasteiger partial charge is 0.395 e. The van der Waals surface area contributed by atoms with Gasteiger partial charge < -0.3 is 30.3 Å². The van der Waals surface area contributed by atoms with Crippen LogP contribution in [-0.4, -0.2) is 76.5 Å². The number of rotatable bonds is 9. The van der Waals surface area contributed by atoms with E-state index in [0.717, 1.165) is 18.8 Å². The predicted molar refractivity (Wildman–Crippen MR) is 148 cm³/mol. The van der Waals surface area contributed by atoms with Gasteiger partial charge in [0.2, 0.25) is 17.7 Å². The zero-order valence-corrected chi connectivity index (χ0v) is 23.1. The van der Waals surface area contributed by atoms with Crippen molar-refractivity contribution in [2.45, 2.75) is 42.8 Å². The van der Waals surface area contributed by atoms with Crippen molar-refractivity contribution in [2.24, 2.45) is 11.8 Å². The second kappa shape index (κ2) is 10.7. The molecule has 5 rings (SSSR count). The molecule has 3 fully saturated rings. The molecule has 3 N–H and O–H groups in total. The van der Waals surface area contributed by atoms with Crippen molar-refractivity contribution in [1.82, 2.24) is 4.90 Å². The average Bonchev–Trinajstić information content (AvgIpc) is 3.50. The highest BCUT2D eigenvalue weighted by Crippen LogP contribution is 2.60. The topological polar surface area (TPSA) is 111 Å². The number of aliphatic hydroxyl groups is 1. The Kier molecular flexibility index (Phi) is 7.48. The summed E-state index contributed by atoms with van der Waals surface area (Å²) in [4.78, 5) is 44.4. The Morgan fingerprint density at radius 1 is 1.05 bits per heavy atom. The van der Waals surface area contributed by atoms with Gasteiger partial charge in [-0.3, -0.25) is 14.4 Å². The summed E-state index contributed by atoms with van der Waals surface area (Å²) >= 11 is 3.66.